The first kappa shape index (κ1) is 12.4. The Morgan fingerprint density at radius 3 is 2.62 bits per heavy atom. The highest BCUT2D eigenvalue weighted by molar-refractivity contribution is 7.16. The third kappa shape index (κ3) is 2.61. The fourth-order valence-electron chi connectivity index (χ4n) is 2.60. The van der Waals surface area contributed by atoms with Crippen LogP contribution in [0.15, 0.2) is 12.1 Å². The van der Waals surface area contributed by atoms with Gasteiger partial charge in [-0.25, -0.2) is 0 Å². The van der Waals surface area contributed by atoms with E-state index in [0.29, 0.717) is 5.92 Å². The maximum Gasteiger partial charge on any atom is 0.0932 e. The molecule has 1 saturated carbocycles. The zero-order valence-corrected chi connectivity index (χ0v) is 11.4. The molecule has 0 radical (unpaired) electrons. The molecule has 0 spiro atoms. The highest BCUT2D eigenvalue weighted by Crippen LogP contribution is 2.41. The van der Waals surface area contributed by atoms with Crippen molar-refractivity contribution in [3.63, 3.8) is 0 Å². The van der Waals surface area contributed by atoms with E-state index in [0.717, 1.165) is 33.9 Å². The average molecular weight is 259 g/mol. The smallest absolute Gasteiger partial charge is 0.0932 e. The number of thiophene rings is 1. The normalized spacial score (nSPS) is 32.6. The second kappa shape index (κ2) is 5.07. The van der Waals surface area contributed by atoms with E-state index >= 15 is 0 Å². The Labute approximate surface area is 106 Å². The minimum Gasteiger partial charge on any atom is -0.387 e. The van der Waals surface area contributed by atoms with Crippen LogP contribution in [0.3, 0.4) is 0 Å². The maximum absolute atomic E-state index is 10.3. The molecule has 0 amide bonds. The molecule has 0 aromatic carbocycles. The van der Waals surface area contributed by atoms with Crippen LogP contribution in [0.4, 0.5) is 0 Å². The summed E-state index contributed by atoms with van der Waals surface area (Å²) in [4.78, 5) is 1.02. The lowest BCUT2D eigenvalue weighted by Crippen LogP contribution is -2.24. The van der Waals surface area contributed by atoms with Crippen molar-refractivity contribution in [3.05, 3.63) is 21.3 Å². The molecule has 4 atom stereocenters. The van der Waals surface area contributed by atoms with Gasteiger partial charge in [0.2, 0.25) is 0 Å². The van der Waals surface area contributed by atoms with Crippen molar-refractivity contribution in [2.24, 2.45) is 17.8 Å². The van der Waals surface area contributed by atoms with Crippen LogP contribution in [0.1, 0.15) is 44.1 Å². The average Bonchev–Trinajstić information content (AvgIpc) is 2.68. The summed E-state index contributed by atoms with van der Waals surface area (Å²) in [6, 6.07) is 3.83. The Kier molecular flexibility index (Phi) is 3.93. The molecule has 1 aliphatic carbocycles. The molecule has 1 aromatic heterocycles. The molecule has 16 heavy (non-hydrogen) atoms. The fraction of sp³-hybridized carbons (Fsp3) is 0.692. The zero-order valence-electron chi connectivity index (χ0n) is 9.82. The Balaban J connectivity index is 2.02. The van der Waals surface area contributed by atoms with Crippen molar-refractivity contribution in [3.8, 4) is 0 Å². The second-order valence-electron chi connectivity index (χ2n) is 5.11. The molecule has 1 aromatic rings. The molecule has 1 nitrogen and oxygen atoms in total. The van der Waals surface area contributed by atoms with Crippen LogP contribution in [0, 0.1) is 17.8 Å². The van der Waals surface area contributed by atoms with Gasteiger partial charge in [0.15, 0.2) is 0 Å². The van der Waals surface area contributed by atoms with Crippen LogP contribution in [0.25, 0.3) is 0 Å². The first-order valence-corrected chi connectivity index (χ1v) is 7.20. The second-order valence-corrected chi connectivity index (χ2v) is 6.86. The third-order valence-corrected chi connectivity index (χ3v) is 5.27. The van der Waals surface area contributed by atoms with E-state index < -0.39 is 0 Å². The fourth-order valence-corrected chi connectivity index (χ4v) is 3.74. The molecule has 4 unspecified atom stereocenters. The van der Waals surface area contributed by atoms with Crippen molar-refractivity contribution in [2.45, 2.75) is 39.2 Å². The van der Waals surface area contributed by atoms with E-state index in [-0.39, 0.29) is 6.10 Å². The number of halogens is 1. The van der Waals surface area contributed by atoms with Gasteiger partial charge < -0.3 is 5.11 Å². The molecule has 1 N–H and O–H groups in total. The predicted octanol–water partition coefficient (Wildman–Crippen LogP) is 4.51. The van der Waals surface area contributed by atoms with E-state index in [4.69, 9.17) is 11.6 Å². The summed E-state index contributed by atoms with van der Waals surface area (Å²) in [5, 5.41) is 10.3. The molecule has 1 aliphatic rings. The van der Waals surface area contributed by atoms with Crippen LogP contribution in [0.5, 0.6) is 0 Å². The molecule has 0 bridgehead atoms. The Morgan fingerprint density at radius 2 is 2.06 bits per heavy atom. The quantitative estimate of drug-likeness (QED) is 0.828. The summed E-state index contributed by atoms with van der Waals surface area (Å²) in [6.45, 7) is 4.61. The van der Waals surface area contributed by atoms with Crippen molar-refractivity contribution < 1.29 is 5.11 Å². The Hall–Kier alpha value is -0.0500. The summed E-state index contributed by atoms with van der Waals surface area (Å²) in [5.74, 6) is 1.94. The predicted molar refractivity (Wildman–Crippen MR) is 70.0 cm³/mol. The molecular formula is C13H19ClOS. The number of aliphatic hydroxyl groups is 1. The third-order valence-electron chi connectivity index (χ3n) is 3.97. The van der Waals surface area contributed by atoms with Crippen LogP contribution in [-0.4, -0.2) is 5.11 Å². The monoisotopic (exact) mass is 258 g/mol. The molecule has 1 heterocycles. The van der Waals surface area contributed by atoms with Gasteiger partial charge in [0, 0.05) is 4.88 Å². The van der Waals surface area contributed by atoms with Gasteiger partial charge in [-0.15, -0.1) is 11.3 Å². The van der Waals surface area contributed by atoms with Gasteiger partial charge in [0.05, 0.1) is 10.4 Å². The van der Waals surface area contributed by atoms with E-state index in [1.165, 1.54) is 17.8 Å². The summed E-state index contributed by atoms with van der Waals surface area (Å²) >= 11 is 7.41. The van der Waals surface area contributed by atoms with E-state index in [1.807, 2.05) is 12.1 Å². The molecule has 2 rings (SSSR count). The maximum atomic E-state index is 10.3. The largest absolute Gasteiger partial charge is 0.387 e. The van der Waals surface area contributed by atoms with Crippen LogP contribution in [0.2, 0.25) is 4.34 Å². The topological polar surface area (TPSA) is 20.2 Å². The zero-order chi connectivity index (χ0) is 11.7. The van der Waals surface area contributed by atoms with Gasteiger partial charge in [-0.1, -0.05) is 31.9 Å². The summed E-state index contributed by atoms with van der Waals surface area (Å²) in [5.41, 5.74) is 0. The summed E-state index contributed by atoms with van der Waals surface area (Å²) < 4.78 is 0.770. The standard InChI is InChI=1S/C13H19ClOS/c1-8-3-4-10(7-9(8)2)13(15)11-5-6-12(14)16-11/h5-6,8-10,13,15H,3-4,7H2,1-2H3. The molecule has 1 fully saturated rings. The molecule has 0 aliphatic heterocycles. The van der Waals surface area contributed by atoms with E-state index in [2.05, 4.69) is 13.8 Å². The van der Waals surface area contributed by atoms with Crippen molar-refractivity contribution in [1.29, 1.82) is 0 Å². The molecule has 90 valence electrons. The lowest BCUT2D eigenvalue weighted by atomic mass is 9.74. The lowest BCUT2D eigenvalue weighted by Gasteiger charge is -2.34. The number of hydrogen-bond acceptors (Lipinski definition) is 2. The van der Waals surface area contributed by atoms with Gasteiger partial charge >= 0.3 is 0 Å². The van der Waals surface area contributed by atoms with Crippen LogP contribution < -0.4 is 0 Å². The molecular weight excluding hydrogens is 240 g/mol. The molecule has 0 saturated heterocycles. The van der Waals surface area contributed by atoms with Crippen LogP contribution >= 0.6 is 22.9 Å². The Morgan fingerprint density at radius 1 is 1.31 bits per heavy atom. The van der Waals surface area contributed by atoms with Gasteiger partial charge in [-0.3, -0.25) is 0 Å². The van der Waals surface area contributed by atoms with Crippen molar-refractivity contribution >= 4 is 22.9 Å². The van der Waals surface area contributed by atoms with Gasteiger partial charge in [-0.2, -0.15) is 0 Å². The summed E-state index contributed by atoms with van der Waals surface area (Å²) in [6.07, 6.45) is 3.20. The first-order valence-electron chi connectivity index (χ1n) is 6.01. The SMILES string of the molecule is CC1CCC(C(O)c2ccc(Cl)s2)CC1C. The van der Waals surface area contributed by atoms with Crippen LogP contribution in [-0.2, 0) is 0 Å². The minimum atomic E-state index is -0.313. The lowest BCUT2D eigenvalue weighted by molar-refractivity contribution is 0.0586. The van der Waals surface area contributed by atoms with E-state index in [1.54, 1.807) is 0 Å². The first-order chi connectivity index (χ1) is 7.58. The van der Waals surface area contributed by atoms with Gasteiger partial charge in [-0.05, 0) is 42.7 Å². The van der Waals surface area contributed by atoms with Gasteiger partial charge in [0.25, 0.3) is 0 Å². The number of rotatable bonds is 2. The minimum absolute atomic E-state index is 0.313. The number of hydrogen-bond donors (Lipinski definition) is 1. The summed E-state index contributed by atoms with van der Waals surface area (Å²) in [7, 11) is 0. The number of aliphatic hydroxyl groups excluding tert-OH is 1. The van der Waals surface area contributed by atoms with E-state index in [9.17, 15) is 5.11 Å². The molecule has 3 heteroatoms. The highest BCUT2D eigenvalue weighted by Gasteiger charge is 2.30. The Bertz CT molecular complexity index is 349. The van der Waals surface area contributed by atoms with Crippen molar-refractivity contribution in [2.75, 3.05) is 0 Å². The van der Waals surface area contributed by atoms with Crippen molar-refractivity contribution in [1.82, 2.24) is 0 Å². The highest BCUT2D eigenvalue weighted by atomic mass is 35.5. The van der Waals surface area contributed by atoms with Gasteiger partial charge in [0.1, 0.15) is 0 Å².